The van der Waals surface area contributed by atoms with E-state index in [-0.39, 0.29) is 5.91 Å². The molecule has 0 fully saturated rings. The molecule has 0 spiro atoms. The molecule has 0 saturated heterocycles. The van der Waals surface area contributed by atoms with Gasteiger partial charge < -0.3 is 4.90 Å². The summed E-state index contributed by atoms with van der Waals surface area (Å²) >= 11 is 6.03. The molecule has 0 atom stereocenters. The predicted octanol–water partition coefficient (Wildman–Crippen LogP) is 3.49. The minimum absolute atomic E-state index is 0.00759. The summed E-state index contributed by atoms with van der Waals surface area (Å²) in [6, 6.07) is 7.44. The topological polar surface area (TPSA) is 51.0 Å². The van der Waals surface area contributed by atoms with Gasteiger partial charge in [-0.05, 0) is 54.3 Å². The van der Waals surface area contributed by atoms with E-state index in [0.717, 1.165) is 28.8 Å². The lowest BCUT2D eigenvalue weighted by Crippen LogP contribution is -2.37. The Morgan fingerprint density at radius 1 is 1.20 bits per heavy atom. The lowest BCUT2D eigenvalue weighted by atomic mass is 9.98. The molecular formula is C19H17ClN4O. The molecule has 3 heterocycles. The zero-order chi connectivity index (χ0) is 17.4. The monoisotopic (exact) mass is 352 g/mol. The molecule has 3 aromatic rings. The molecule has 0 radical (unpaired) electrons. The van der Waals surface area contributed by atoms with Gasteiger partial charge in [-0.15, -0.1) is 0 Å². The molecule has 4 rings (SSSR count). The fraction of sp³-hybridized carbons (Fsp3) is 0.211. The predicted molar refractivity (Wildman–Crippen MR) is 97.1 cm³/mol. The Hall–Kier alpha value is -2.66. The van der Waals surface area contributed by atoms with E-state index in [0.29, 0.717) is 23.7 Å². The highest BCUT2D eigenvalue weighted by Gasteiger charge is 2.25. The summed E-state index contributed by atoms with van der Waals surface area (Å²) in [7, 11) is 0. The van der Waals surface area contributed by atoms with E-state index < -0.39 is 0 Å². The van der Waals surface area contributed by atoms with Crippen molar-refractivity contribution in [2.24, 2.45) is 0 Å². The first kappa shape index (κ1) is 15.8. The number of carbonyl (C=O) groups is 1. The summed E-state index contributed by atoms with van der Waals surface area (Å²) < 4.78 is 1.87. The zero-order valence-corrected chi connectivity index (χ0v) is 14.6. The standard InChI is InChI=1S/C19H17ClN4O/c1-13-8-22-23(11-13)12-14-6-17(10-21-9-14)24-5-4-15-7-16(20)2-3-18(15)19(24)25/h2-3,6-11H,4-5,12H2,1H3. The maximum absolute atomic E-state index is 12.8. The molecule has 1 aliphatic heterocycles. The SMILES string of the molecule is Cc1cnn(Cc2cncc(N3CCc4cc(Cl)ccc4C3=O)c2)c1. The van der Waals surface area contributed by atoms with Crippen molar-refractivity contribution >= 4 is 23.2 Å². The second-order valence-electron chi connectivity index (χ2n) is 6.27. The van der Waals surface area contributed by atoms with Crippen molar-refractivity contribution in [3.05, 3.63) is 76.3 Å². The minimum atomic E-state index is -0.00759. The van der Waals surface area contributed by atoms with Gasteiger partial charge in [0.2, 0.25) is 0 Å². The van der Waals surface area contributed by atoms with Crippen LogP contribution in [0.5, 0.6) is 0 Å². The van der Waals surface area contributed by atoms with Crippen LogP contribution in [0.15, 0.2) is 49.1 Å². The molecule has 1 aliphatic rings. The van der Waals surface area contributed by atoms with Gasteiger partial charge in [-0.2, -0.15) is 5.10 Å². The van der Waals surface area contributed by atoms with Gasteiger partial charge in [0.05, 0.1) is 24.6 Å². The molecule has 0 unspecified atom stereocenters. The van der Waals surface area contributed by atoms with Crippen molar-refractivity contribution in [1.29, 1.82) is 0 Å². The van der Waals surface area contributed by atoms with Crippen LogP contribution in [0.1, 0.15) is 27.0 Å². The van der Waals surface area contributed by atoms with Crippen LogP contribution in [0.25, 0.3) is 0 Å². The van der Waals surface area contributed by atoms with Crippen molar-refractivity contribution in [2.45, 2.75) is 19.9 Å². The van der Waals surface area contributed by atoms with Gasteiger partial charge >= 0.3 is 0 Å². The molecular weight excluding hydrogens is 336 g/mol. The second kappa shape index (κ2) is 6.33. The van der Waals surface area contributed by atoms with E-state index in [9.17, 15) is 4.79 Å². The average molecular weight is 353 g/mol. The van der Waals surface area contributed by atoms with Gasteiger partial charge in [-0.3, -0.25) is 14.5 Å². The molecule has 2 aromatic heterocycles. The largest absolute Gasteiger partial charge is 0.306 e. The Morgan fingerprint density at radius 2 is 2.08 bits per heavy atom. The van der Waals surface area contributed by atoms with Gasteiger partial charge in [0, 0.05) is 29.5 Å². The summed E-state index contributed by atoms with van der Waals surface area (Å²) in [6.07, 6.45) is 8.13. The Morgan fingerprint density at radius 3 is 2.88 bits per heavy atom. The molecule has 0 aliphatic carbocycles. The number of pyridine rings is 1. The molecule has 0 saturated carbocycles. The number of aromatic nitrogens is 3. The van der Waals surface area contributed by atoms with Crippen LogP contribution in [0.3, 0.4) is 0 Å². The van der Waals surface area contributed by atoms with Crippen molar-refractivity contribution in [3.63, 3.8) is 0 Å². The molecule has 1 aromatic carbocycles. The first-order valence-corrected chi connectivity index (χ1v) is 8.51. The third-order valence-corrected chi connectivity index (χ3v) is 4.58. The Kier molecular flexibility index (Phi) is 4.01. The summed E-state index contributed by atoms with van der Waals surface area (Å²) in [5.74, 6) is -0.00759. The third-order valence-electron chi connectivity index (χ3n) is 4.35. The Labute approximate surface area is 150 Å². The van der Waals surface area contributed by atoms with E-state index in [1.807, 2.05) is 42.3 Å². The Bertz CT molecular complexity index is 950. The molecule has 6 heteroatoms. The summed E-state index contributed by atoms with van der Waals surface area (Å²) in [6.45, 7) is 3.26. The highest BCUT2D eigenvalue weighted by atomic mass is 35.5. The molecule has 1 amide bonds. The van der Waals surface area contributed by atoms with Gasteiger partial charge in [0.25, 0.3) is 5.91 Å². The summed E-state index contributed by atoms with van der Waals surface area (Å²) in [4.78, 5) is 18.9. The van der Waals surface area contributed by atoms with Crippen LogP contribution in [0.4, 0.5) is 5.69 Å². The number of hydrogen-bond donors (Lipinski definition) is 0. The number of hydrogen-bond acceptors (Lipinski definition) is 3. The smallest absolute Gasteiger partial charge is 0.258 e. The number of amides is 1. The quantitative estimate of drug-likeness (QED) is 0.725. The van der Waals surface area contributed by atoms with Crippen LogP contribution >= 0.6 is 11.6 Å². The van der Waals surface area contributed by atoms with Crippen LogP contribution in [-0.2, 0) is 13.0 Å². The molecule has 25 heavy (non-hydrogen) atoms. The first-order valence-electron chi connectivity index (χ1n) is 8.13. The highest BCUT2D eigenvalue weighted by molar-refractivity contribution is 6.30. The van der Waals surface area contributed by atoms with Crippen molar-refractivity contribution < 1.29 is 4.79 Å². The van der Waals surface area contributed by atoms with Crippen LogP contribution in [0, 0.1) is 6.92 Å². The number of rotatable bonds is 3. The normalized spacial score (nSPS) is 13.8. The summed E-state index contributed by atoms with van der Waals surface area (Å²) in [5, 5.41) is 4.97. The van der Waals surface area contributed by atoms with E-state index in [2.05, 4.69) is 10.1 Å². The maximum Gasteiger partial charge on any atom is 0.258 e. The number of halogens is 1. The molecule has 5 nitrogen and oxygen atoms in total. The van der Waals surface area contributed by atoms with E-state index in [4.69, 9.17) is 11.6 Å². The van der Waals surface area contributed by atoms with Crippen molar-refractivity contribution in [3.8, 4) is 0 Å². The van der Waals surface area contributed by atoms with E-state index in [1.54, 1.807) is 23.2 Å². The van der Waals surface area contributed by atoms with Crippen LogP contribution in [-0.4, -0.2) is 27.2 Å². The highest BCUT2D eigenvalue weighted by Crippen LogP contribution is 2.26. The first-order chi connectivity index (χ1) is 12.1. The number of benzene rings is 1. The van der Waals surface area contributed by atoms with Gasteiger partial charge in [0.1, 0.15) is 0 Å². The lowest BCUT2D eigenvalue weighted by Gasteiger charge is -2.28. The molecule has 0 bridgehead atoms. The molecule has 126 valence electrons. The summed E-state index contributed by atoms with van der Waals surface area (Å²) in [5.41, 5.74) is 4.65. The van der Waals surface area contributed by atoms with Gasteiger partial charge in [-0.25, -0.2) is 0 Å². The average Bonchev–Trinajstić information content (AvgIpc) is 3.00. The third kappa shape index (κ3) is 3.15. The molecule has 0 N–H and O–H groups in total. The number of fused-ring (bicyclic) bond motifs is 1. The second-order valence-corrected chi connectivity index (χ2v) is 6.71. The van der Waals surface area contributed by atoms with Crippen LogP contribution < -0.4 is 4.90 Å². The fourth-order valence-corrected chi connectivity index (χ4v) is 3.35. The Balaban J connectivity index is 1.61. The van der Waals surface area contributed by atoms with Crippen molar-refractivity contribution in [1.82, 2.24) is 14.8 Å². The number of nitrogens with zero attached hydrogens (tertiary/aromatic N) is 4. The number of anilines is 1. The number of carbonyl (C=O) groups excluding carboxylic acids is 1. The maximum atomic E-state index is 12.8. The minimum Gasteiger partial charge on any atom is -0.306 e. The van der Waals surface area contributed by atoms with Gasteiger partial charge in [0.15, 0.2) is 0 Å². The zero-order valence-electron chi connectivity index (χ0n) is 13.8. The lowest BCUT2D eigenvalue weighted by molar-refractivity contribution is 0.0980. The fourth-order valence-electron chi connectivity index (χ4n) is 3.15. The van der Waals surface area contributed by atoms with Crippen molar-refractivity contribution in [2.75, 3.05) is 11.4 Å². The van der Waals surface area contributed by atoms with E-state index >= 15 is 0 Å². The number of aryl methyl sites for hydroxylation is 1. The van der Waals surface area contributed by atoms with E-state index in [1.165, 1.54) is 0 Å². The van der Waals surface area contributed by atoms with Gasteiger partial charge in [-0.1, -0.05) is 11.6 Å². The van der Waals surface area contributed by atoms with Crippen LogP contribution in [0.2, 0.25) is 5.02 Å².